The van der Waals surface area contributed by atoms with Crippen LogP contribution in [0.5, 0.6) is 0 Å². The first-order valence-corrected chi connectivity index (χ1v) is 12.5. The number of fused-ring (bicyclic) bond motifs is 4. The maximum absolute atomic E-state index is 13.4. The Labute approximate surface area is 204 Å². The first-order valence-electron chi connectivity index (χ1n) is 12.5. The Bertz CT molecular complexity index is 1150. The summed E-state index contributed by atoms with van der Waals surface area (Å²) in [5, 5.41) is 12.3. The molecule has 4 aliphatic rings. The summed E-state index contributed by atoms with van der Waals surface area (Å²) in [6, 6.07) is 16.1. The molecule has 3 fully saturated rings. The van der Waals surface area contributed by atoms with Crippen LogP contribution in [0, 0.1) is 23.2 Å². The molecule has 35 heavy (non-hydrogen) atoms. The molecule has 7 nitrogen and oxygen atoms in total. The Kier molecular flexibility index (Phi) is 5.13. The predicted molar refractivity (Wildman–Crippen MR) is 129 cm³/mol. The summed E-state index contributed by atoms with van der Waals surface area (Å²) in [6.07, 6.45) is 1.79. The number of likely N-dealkylation sites (tertiary alicyclic amines) is 1. The van der Waals surface area contributed by atoms with E-state index < -0.39 is 17.5 Å². The number of nitrogens with zero attached hydrogens (tertiary/aromatic N) is 1. The lowest BCUT2D eigenvalue weighted by molar-refractivity contribution is -0.144. The smallest absolute Gasteiger partial charge is 0.407 e. The number of amides is 2. The van der Waals surface area contributed by atoms with Gasteiger partial charge in [-0.15, -0.1) is 0 Å². The fraction of sp³-hybridized carbons (Fsp3) is 0.464. The molecule has 2 saturated carbocycles. The van der Waals surface area contributed by atoms with Gasteiger partial charge in [0.1, 0.15) is 6.61 Å². The summed E-state index contributed by atoms with van der Waals surface area (Å²) in [7, 11) is 0. The molecule has 2 amide bonds. The molecule has 6 rings (SSSR count). The number of benzene rings is 2. The lowest BCUT2D eigenvalue weighted by atomic mass is 9.83. The predicted octanol–water partition coefficient (Wildman–Crippen LogP) is 3.87. The molecule has 4 atom stereocenters. The van der Waals surface area contributed by atoms with E-state index in [0.717, 1.165) is 24.0 Å². The maximum Gasteiger partial charge on any atom is 0.407 e. The number of piperidine rings is 1. The average molecular weight is 475 g/mol. The van der Waals surface area contributed by atoms with Crippen molar-refractivity contribution in [1.82, 2.24) is 10.2 Å². The second-order valence-corrected chi connectivity index (χ2v) is 10.7. The van der Waals surface area contributed by atoms with E-state index in [4.69, 9.17) is 4.74 Å². The van der Waals surface area contributed by atoms with Crippen molar-refractivity contribution in [1.29, 1.82) is 0 Å². The van der Waals surface area contributed by atoms with E-state index >= 15 is 0 Å². The molecular formula is C28H30N2O5. The molecule has 2 aromatic carbocycles. The maximum atomic E-state index is 13.4. The molecule has 1 saturated heterocycles. The zero-order chi connectivity index (χ0) is 24.3. The van der Waals surface area contributed by atoms with Crippen LogP contribution in [0.4, 0.5) is 4.79 Å². The van der Waals surface area contributed by atoms with Crippen LogP contribution in [0.1, 0.15) is 43.2 Å². The van der Waals surface area contributed by atoms with Crippen molar-refractivity contribution < 1.29 is 24.2 Å². The fourth-order valence-corrected chi connectivity index (χ4v) is 6.86. The number of nitrogens with one attached hydrogen (secondary N) is 1. The highest BCUT2D eigenvalue weighted by molar-refractivity contribution is 5.86. The Morgan fingerprint density at radius 1 is 1.03 bits per heavy atom. The topological polar surface area (TPSA) is 95.9 Å². The van der Waals surface area contributed by atoms with Crippen molar-refractivity contribution in [2.24, 2.45) is 23.2 Å². The number of hydrogen-bond donors (Lipinski definition) is 2. The van der Waals surface area contributed by atoms with Gasteiger partial charge >= 0.3 is 12.1 Å². The normalized spacial score (nSPS) is 30.4. The quantitative estimate of drug-likeness (QED) is 0.686. The van der Waals surface area contributed by atoms with Gasteiger partial charge in [-0.25, -0.2) is 4.79 Å². The van der Waals surface area contributed by atoms with Gasteiger partial charge in [0.2, 0.25) is 5.91 Å². The van der Waals surface area contributed by atoms with E-state index in [1.165, 1.54) is 11.1 Å². The molecule has 1 heterocycles. The highest BCUT2D eigenvalue weighted by atomic mass is 16.5. The third-order valence-electron chi connectivity index (χ3n) is 8.85. The van der Waals surface area contributed by atoms with Crippen LogP contribution < -0.4 is 5.32 Å². The average Bonchev–Trinajstić information content (AvgIpc) is 3.14. The first-order chi connectivity index (χ1) is 16.9. The number of carboxylic acid groups (broad SMARTS) is 1. The number of carbonyl (C=O) groups excluding carboxylic acids is 2. The summed E-state index contributed by atoms with van der Waals surface area (Å²) in [4.78, 5) is 39.4. The molecule has 0 bridgehead atoms. The van der Waals surface area contributed by atoms with Crippen molar-refractivity contribution >= 4 is 18.0 Å². The number of carbonyl (C=O) groups is 3. The molecule has 1 aliphatic heterocycles. The van der Waals surface area contributed by atoms with Crippen molar-refractivity contribution in [3.63, 3.8) is 0 Å². The van der Waals surface area contributed by atoms with Crippen LogP contribution in [-0.4, -0.2) is 53.7 Å². The Morgan fingerprint density at radius 3 is 2.23 bits per heavy atom. The van der Waals surface area contributed by atoms with Gasteiger partial charge in [-0.05, 0) is 53.9 Å². The molecule has 0 aromatic heterocycles. The van der Waals surface area contributed by atoms with Crippen LogP contribution in [0.3, 0.4) is 0 Å². The minimum absolute atomic E-state index is 0.0109. The molecule has 4 unspecified atom stereocenters. The van der Waals surface area contributed by atoms with Crippen LogP contribution in [-0.2, 0) is 14.3 Å². The van der Waals surface area contributed by atoms with Gasteiger partial charge in [0.25, 0.3) is 0 Å². The summed E-state index contributed by atoms with van der Waals surface area (Å²) in [6.45, 7) is 3.18. The Hall–Kier alpha value is -3.35. The SMILES string of the molecule is CC1(C(=O)N2CC3C(C2)C3C(=O)O)CCCC1NC(=O)OCC1c2ccccc2-c2ccccc21. The summed E-state index contributed by atoms with van der Waals surface area (Å²) < 4.78 is 5.72. The van der Waals surface area contributed by atoms with E-state index in [2.05, 4.69) is 29.6 Å². The van der Waals surface area contributed by atoms with Gasteiger partial charge in [0.05, 0.1) is 11.3 Å². The van der Waals surface area contributed by atoms with Crippen molar-refractivity contribution in [2.75, 3.05) is 19.7 Å². The van der Waals surface area contributed by atoms with Crippen molar-refractivity contribution in [3.8, 4) is 11.1 Å². The van der Waals surface area contributed by atoms with Gasteiger partial charge in [-0.2, -0.15) is 0 Å². The molecular weight excluding hydrogens is 444 g/mol. The molecule has 2 aromatic rings. The van der Waals surface area contributed by atoms with E-state index in [0.29, 0.717) is 19.5 Å². The van der Waals surface area contributed by atoms with Crippen LogP contribution in [0.25, 0.3) is 11.1 Å². The van der Waals surface area contributed by atoms with Crippen LogP contribution in [0.15, 0.2) is 48.5 Å². The lowest BCUT2D eigenvalue weighted by Gasteiger charge is -2.35. The highest BCUT2D eigenvalue weighted by Crippen LogP contribution is 2.53. The standard InChI is InChI=1S/C28H30N2O5/c1-28(26(33)30-13-20-21(14-30)24(20)25(31)32)12-6-11-23(28)29-27(34)35-15-22-18-9-4-2-7-16(18)17-8-3-5-10-19(17)22/h2-5,7-10,20-24H,6,11-15H2,1H3,(H,29,34)(H,31,32). The minimum atomic E-state index is -0.756. The zero-order valence-corrected chi connectivity index (χ0v) is 19.8. The zero-order valence-electron chi connectivity index (χ0n) is 19.8. The molecule has 7 heteroatoms. The first kappa shape index (κ1) is 22.1. The lowest BCUT2D eigenvalue weighted by Crippen LogP contribution is -2.52. The molecule has 182 valence electrons. The molecule has 2 N–H and O–H groups in total. The third kappa shape index (κ3) is 3.51. The number of ether oxygens (including phenoxy) is 1. The second kappa shape index (κ2) is 8.11. The number of rotatable bonds is 5. The third-order valence-corrected chi connectivity index (χ3v) is 8.85. The van der Waals surface area contributed by atoms with Gasteiger partial charge < -0.3 is 20.1 Å². The number of aliphatic carboxylic acids is 1. The van der Waals surface area contributed by atoms with E-state index in [9.17, 15) is 19.5 Å². The summed E-state index contributed by atoms with van der Waals surface area (Å²) in [5.41, 5.74) is 3.99. The van der Waals surface area contributed by atoms with Gasteiger partial charge in [-0.3, -0.25) is 9.59 Å². The van der Waals surface area contributed by atoms with Crippen LogP contribution >= 0.6 is 0 Å². The Morgan fingerprint density at radius 2 is 1.63 bits per heavy atom. The number of hydrogen-bond acceptors (Lipinski definition) is 4. The summed E-state index contributed by atoms with van der Waals surface area (Å²) in [5.74, 6) is -0.886. The van der Waals surface area contributed by atoms with E-state index in [1.54, 1.807) is 0 Å². The number of carboxylic acids is 1. The van der Waals surface area contributed by atoms with E-state index in [1.807, 2.05) is 36.1 Å². The van der Waals surface area contributed by atoms with Crippen LogP contribution in [0.2, 0.25) is 0 Å². The van der Waals surface area contributed by atoms with Crippen molar-refractivity contribution in [2.45, 2.75) is 38.1 Å². The van der Waals surface area contributed by atoms with Gasteiger partial charge in [0.15, 0.2) is 0 Å². The molecule has 0 spiro atoms. The minimum Gasteiger partial charge on any atom is -0.481 e. The fourth-order valence-electron chi connectivity index (χ4n) is 6.86. The number of alkyl carbamates (subject to hydrolysis) is 1. The van der Waals surface area contributed by atoms with Gasteiger partial charge in [-0.1, -0.05) is 55.0 Å². The highest BCUT2D eigenvalue weighted by Gasteiger charge is 2.62. The molecule has 0 radical (unpaired) electrons. The Balaban J connectivity index is 1.09. The monoisotopic (exact) mass is 474 g/mol. The van der Waals surface area contributed by atoms with E-state index in [-0.39, 0.29) is 42.2 Å². The largest absolute Gasteiger partial charge is 0.481 e. The van der Waals surface area contributed by atoms with Gasteiger partial charge in [0, 0.05) is 25.0 Å². The summed E-state index contributed by atoms with van der Waals surface area (Å²) >= 11 is 0. The molecule has 3 aliphatic carbocycles. The van der Waals surface area contributed by atoms with Crippen molar-refractivity contribution in [3.05, 3.63) is 59.7 Å². The second-order valence-electron chi connectivity index (χ2n) is 10.7.